The van der Waals surface area contributed by atoms with E-state index in [1.54, 1.807) is 0 Å². The lowest BCUT2D eigenvalue weighted by Gasteiger charge is -2.34. The maximum atomic E-state index is 12.9. The van der Waals surface area contributed by atoms with Crippen LogP contribution in [0, 0.1) is 0 Å². The first-order valence-corrected chi connectivity index (χ1v) is 9.60. The van der Waals surface area contributed by atoms with E-state index in [0.717, 1.165) is 34.2 Å². The second kappa shape index (κ2) is 7.49. The number of piperidine rings is 1. The number of rotatable bonds is 4. The molecule has 3 rings (SSSR count). The number of primary amides is 1. The number of nitrogens with two attached hydrogens (primary N) is 1. The van der Waals surface area contributed by atoms with Crippen LogP contribution in [0.5, 0.6) is 0 Å². The third kappa shape index (κ3) is 3.87. The van der Waals surface area contributed by atoms with Gasteiger partial charge in [0.05, 0.1) is 4.88 Å². The number of hydrogen-bond donors (Lipinski definition) is 1. The van der Waals surface area contributed by atoms with Gasteiger partial charge in [-0.2, -0.15) is 0 Å². The molecule has 0 aliphatic carbocycles. The quantitative estimate of drug-likeness (QED) is 0.831. The summed E-state index contributed by atoms with van der Waals surface area (Å²) in [6.07, 6.45) is 3.11. The lowest BCUT2D eigenvalue weighted by Crippen LogP contribution is -2.45. The Kier molecular flexibility index (Phi) is 5.36. The Morgan fingerprint density at radius 3 is 2.62 bits per heavy atom. The summed E-state index contributed by atoms with van der Waals surface area (Å²) in [5.41, 5.74) is 6.43. The van der Waals surface area contributed by atoms with Crippen LogP contribution in [0.4, 0.5) is 0 Å². The van der Waals surface area contributed by atoms with E-state index < -0.39 is 0 Å². The highest BCUT2D eigenvalue weighted by atomic mass is 79.9. The van der Waals surface area contributed by atoms with Crippen molar-refractivity contribution in [2.24, 2.45) is 5.73 Å². The molecule has 0 saturated carbocycles. The summed E-state index contributed by atoms with van der Waals surface area (Å²) >= 11 is 4.92. The van der Waals surface area contributed by atoms with Gasteiger partial charge in [-0.1, -0.05) is 28.1 Å². The molecule has 1 atom stereocenters. The predicted octanol–water partition coefficient (Wildman–Crippen LogP) is 4.05. The Morgan fingerprint density at radius 2 is 1.92 bits per heavy atom. The van der Waals surface area contributed by atoms with Crippen LogP contribution >= 0.6 is 27.3 Å². The van der Waals surface area contributed by atoms with E-state index >= 15 is 0 Å². The molecule has 2 aromatic rings. The number of halogens is 1. The maximum Gasteiger partial charge on any atom is 0.264 e. The van der Waals surface area contributed by atoms with Crippen LogP contribution in [-0.2, 0) is 4.79 Å². The van der Waals surface area contributed by atoms with Crippen molar-refractivity contribution < 1.29 is 9.59 Å². The molecular weight excluding hydrogens is 388 g/mol. The summed E-state index contributed by atoms with van der Waals surface area (Å²) in [7, 11) is 0. The average Bonchev–Trinajstić information content (AvgIpc) is 3.05. The fourth-order valence-electron chi connectivity index (χ4n) is 3.08. The minimum Gasteiger partial charge on any atom is -0.370 e. The molecule has 1 aliphatic rings. The lowest BCUT2D eigenvalue weighted by atomic mass is 9.99. The number of amides is 2. The molecule has 4 nitrogen and oxygen atoms in total. The predicted molar refractivity (Wildman–Crippen MR) is 99.9 cm³/mol. The van der Waals surface area contributed by atoms with E-state index in [-0.39, 0.29) is 24.3 Å². The van der Waals surface area contributed by atoms with Crippen LogP contribution in [0.2, 0.25) is 0 Å². The lowest BCUT2D eigenvalue weighted by molar-refractivity contribution is -0.119. The van der Waals surface area contributed by atoms with Crippen molar-refractivity contribution in [1.82, 2.24) is 4.90 Å². The van der Waals surface area contributed by atoms with Gasteiger partial charge in [-0.25, -0.2) is 0 Å². The molecular formula is C18H19BrN2O2S. The van der Waals surface area contributed by atoms with E-state index in [1.165, 1.54) is 11.3 Å². The number of carbonyl (C=O) groups excluding carboxylic acids is 2. The van der Waals surface area contributed by atoms with E-state index in [9.17, 15) is 9.59 Å². The fourth-order valence-corrected chi connectivity index (χ4v) is 4.31. The van der Waals surface area contributed by atoms with Crippen molar-refractivity contribution >= 4 is 39.1 Å². The number of nitrogens with zero attached hydrogens (tertiary/aromatic N) is 1. The zero-order valence-corrected chi connectivity index (χ0v) is 15.6. The Bertz CT molecular complexity index is 742. The number of benzene rings is 1. The van der Waals surface area contributed by atoms with Gasteiger partial charge in [-0.05, 0) is 49.1 Å². The monoisotopic (exact) mass is 406 g/mol. The SMILES string of the molecule is NC(=O)CC1CCCCN1C(=O)c1ccc(-c2ccc(Br)cc2)s1. The second-order valence-corrected chi connectivity index (χ2v) is 7.99. The zero-order chi connectivity index (χ0) is 17.1. The topological polar surface area (TPSA) is 63.4 Å². The van der Waals surface area contributed by atoms with Crippen LogP contribution in [-0.4, -0.2) is 29.3 Å². The third-order valence-electron chi connectivity index (χ3n) is 4.27. The normalized spacial score (nSPS) is 17.7. The fraction of sp³-hybridized carbons (Fsp3) is 0.333. The van der Waals surface area contributed by atoms with Gasteiger partial charge < -0.3 is 10.6 Å². The standard InChI is InChI=1S/C18H19BrN2O2S/c19-13-6-4-12(5-7-13)15-8-9-16(24-15)18(23)21-10-2-1-3-14(21)11-17(20)22/h4-9,14H,1-3,10-11H2,(H2,20,22). The first-order chi connectivity index (χ1) is 11.5. The summed E-state index contributed by atoms with van der Waals surface area (Å²) in [5, 5.41) is 0. The van der Waals surface area contributed by atoms with Gasteiger partial charge in [0.2, 0.25) is 5.91 Å². The summed E-state index contributed by atoms with van der Waals surface area (Å²) in [6, 6.07) is 11.8. The first-order valence-electron chi connectivity index (χ1n) is 7.99. The molecule has 2 heterocycles. The number of thiophene rings is 1. The molecule has 6 heteroatoms. The molecule has 2 N–H and O–H groups in total. The molecule has 1 aliphatic heterocycles. The number of hydrogen-bond acceptors (Lipinski definition) is 3. The highest BCUT2D eigenvalue weighted by molar-refractivity contribution is 9.10. The zero-order valence-electron chi connectivity index (χ0n) is 13.2. The van der Waals surface area contributed by atoms with E-state index in [0.29, 0.717) is 11.4 Å². The molecule has 1 fully saturated rings. The summed E-state index contributed by atoms with van der Waals surface area (Å²) in [6.45, 7) is 0.697. The van der Waals surface area contributed by atoms with Gasteiger partial charge in [0.15, 0.2) is 0 Å². The Balaban J connectivity index is 1.79. The molecule has 0 spiro atoms. The highest BCUT2D eigenvalue weighted by Gasteiger charge is 2.29. The van der Waals surface area contributed by atoms with Gasteiger partial charge in [0.1, 0.15) is 0 Å². The summed E-state index contributed by atoms with van der Waals surface area (Å²) in [4.78, 5) is 27.7. The molecule has 24 heavy (non-hydrogen) atoms. The minimum absolute atomic E-state index is 0.00862. The number of carbonyl (C=O) groups is 2. The Hall–Kier alpha value is -1.66. The van der Waals surface area contributed by atoms with Crippen LogP contribution in [0.1, 0.15) is 35.4 Å². The third-order valence-corrected chi connectivity index (χ3v) is 5.92. The van der Waals surface area contributed by atoms with Crippen molar-refractivity contribution in [1.29, 1.82) is 0 Å². The largest absolute Gasteiger partial charge is 0.370 e. The molecule has 0 radical (unpaired) electrons. The molecule has 0 bridgehead atoms. The van der Waals surface area contributed by atoms with Crippen molar-refractivity contribution in [3.05, 3.63) is 45.7 Å². The van der Waals surface area contributed by atoms with Crippen molar-refractivity contribution in [3.8, 4) is 10.4 Å². The summed E-state index contributed by atoms with van der Waals surface area (Å²) in [5.74, 6) is -0.337. The van der Waals surface area contributed by atoms with Crippen LogP contribution in [0.15, 0.2) is 40.9 Å². The van der Waals surface area contributed by atoms with E-state index in [4.69, 9.17) is 5.73 Å². The Morgan fingerprint density at radius 1 is 1.17 bits per heavy atom. The molecule has 1 saturated heterocycles. The van der Waals surface area contributed by atoms with Crippen molar-refractivity contribution in [3.63, 3.8) is 0 Å². The first kappa shape index (κ1) is 17.2. The summed E-state index contributed by atoms with van der Waals surface area (Å²) < 4.78 is 1.03. The van der Waals surface area contributed by atoms with Crippen LogP contribution < -0.4 is 5.73 Å². The van der Waals surface area contributed by atoms with Crippen molar-refractivity contribution in [2.45, 2.75) is 31.7 Å². The smallest absolute Gasteiger partial charge is 0.264 e. The van der Waals surface area contributed by atoms with Crippen molar-refractivity contribution in [2.75, 3.05) is 6.54 Å². The van der Waals surface area contributed by atoms with Crippen LogP contribution in [0.3, 0.4) is 0 Å². The maximum absolute atomic E-state index is 12.9. The van der Waals surface area contributed by atoms with Gasteiger partial charge >= 0.3 is 0 Å². The minimum atomic E-state index is -0.346. The molecule has 1 aromatic heterocycles. The van der Waals surface area contributed by atoms with E-state index in [1.807, 2.05) is 41.3 Å². The van der Waals surface area contributed by atoms with Crippen LogP contribution in [0.25, 0.3) is 10.4 Å². The Labute approximate surface area is 153 Å². The number of likely N-dealkylation sites (tertiary alicyclic amines) is 1. The molecule has 1 aromatic carbocycles. The molecule has 126 valence electrons. The second-order valence-electron chi connectivity index (χ2n) is 5.99. The average molecular weight is 407 g/mol. The van der Waals surface area contributed by atoms with Gasteiger partial charge in [-0.15, -0.1) is 11.3 Å². The van der Waals surface area contributed by atoms with Gasteiger partial charge in [-0.3, -0.25) is 9.59 Å². The van der Waals surface area contributed by atoms with E-state index in [2.05, 4.69) is 15.9 Å². The highest BCUT2D eigenvalue weighted by Crippen LogP contribution is 2.31. The molecule has 2 amide bonds. The van der Waals surface area contributed by atoms with Gasteiger partial charge in [0, 0.05) is 28.4 Å². The molecule has 1 unspecified atom stereocenters. The van der Waals surface area contributed by atoms with Gasteiger partial charge in [0.25, 0.3) is 5.91 Å².